The van der Waals surface area contributed by atoms with Gasteiger partial charge in [0.25, 0.3) is 0 Å². The molecule has 2 aromatic heterocycles. The maximum Gasteiger partial charge on any atom is 0.146 e. The fourth-order valence-electron chi connectivity index (χ4n) is 2.43. The van der Waals surface area contributed by atoms with E-state index in [0.717, 1.165) is 22.7 Å². The number of pyridine rings is 2. The van der Waals surface area contributed by atoms with Crippen LogP contribution in [0.25, 0.3) is 21.8 Å². The zero-order valence-corrected chi connectivity index (χ0v) is 12.2. The quantitative estimate of drug-likeness (QED) is 0.723. The van der Waals surface area contributed by atoms with Crippen molar-refractivity contribution in [3.8, 4) is 6.07 Å². The molecule has 0 radical (unpaired) electrons. The van der Waals surface area contributed by atoms with E-state index in [-0.39, 0.29) is 12.6 Å². The molecule has 1 atom stereocenters. The van der Waals surface area contributed by atoms with Gasteiger partial charge in [-0.3, -0.25) is 0 Å². The fraction of sp³-hybridized carbons (Fsp3) is 0.235. The van der Waals surface area contributed by atoms with Crippen molar-refractivity contribution in [2.45, 2.75) is 19.4 Å². The van der Waals surface area contributed by atoms with Crippen molar-refractivity contribution >= 4 is 27.6 Å². The number of hydrogen-bond acceptors (Lipinski definition) is 5. The second-order valence-corrected chi connectivity index (χ2v) is 5.14. The number of rotatable bonds is 4. The van der Waals surface area contributed by atoms with Gasteiger partial charge in [0, 0.05) is 17.0 Å². The number of nitriles is 1. The van der Waals surface area contributed by atoms with E-state index >= 15 is 0 Å². The summed E-state index contributed by atoms with van der Waals surface area (Å²) in [5, 5.41) is 23.8. The van der Waals surface area contributed by atoms with E-state index in [1.807, 2.05) is 37.3 Å². The van der Waals surface area contributed by atoms with Gasteiger partial charge < -0.3 is 10.4 Å². The van der Waals surface area contributed by atoms with Crippen molar-refractivity contribution in [1.29, 1.82) is 5.26 Å². The number of benzene rings is 1. The molecule has 0 unspecified atom stereocenters. The summed E-state index contributed by atoms with van der Waals surface area (Å²) in [5.41, 5.74) is 1.89. The number of hydrogen-bond donors (Lipinski definition) is 2. The Labute approximate surface area is 128 Å². The molecule has 0 aliphatic rings. The first-order chi connectivity index (χ1) is 10.8. The van der Waals surface area contributed by atoms with Gasteiger partial charge in [-0.1, -0.05) is 25.1 Å². The van der Waals surface area contributed by atoms with E-state index in [9.17, 15) is 10.4 Å². The third-order valence-corrected chi connectivity index (χ3v) is 3.73. The van der Waals surface area contributed by atoms with Crippen LogP contribution >= 0.6 is 0 Å². The summed E-state index contributed by atoms with van der Waals surface area (Å²) in [4.78, 5) is 8.94. The van der Waals surface area contributed by atoms with Gasteiger partial charge in [0.15, 0.2) is 0 Å². The Balaban J connectivity index is 2.20. The molecule has 3 rings (SSSR count). The monoisotopic (exact) mass is 292 g/mol. The molecule has 0 saturated carbocycles. The fourth-order valence-corrected chi connectivity index (χ4v) is 2.43. The van der Waals surface area contributed by atoms with Gasteiger partial charge in [-0.15, -0.1) is 0 Å². The number of aliphatic hydroxyl groups excluding tert-OH is 1. The summed E-state index contributed by atoms with van der Waals surface area (Å²) < 4.78 is 0. The Hall–Kier alpha value is -2.71. The van der Waals surface area contributed by atoms with E-state index in [2.05, 4.69) is 21.4 Å². The molecule has 0 saturated heterocycles. The summed E-state index contributed by atoms with van der Waals surface area (Å²) in [6, 6.07) is 11.8. The maximum atomic E-state index is 9.51. The summed E-state index contributed by atoms with van der Waals surface area (Å²) in [5.74, 6) is 0.471. The van der Waals surface area contributed by atoms with Crippen LogP contribution in [0.4, 0.5) is 5.82 Å². The predicted molar refractivity (Wildman–Crippen MR) is 86.5 cm³/mol. The molecule has 3 aromatic rings. The standard InChI is InChI=1S/C17H16N4O/c1-2-13(10-22)20-17-14(8-18)16-12(9-19-17)7-11-5-3-4-6-15(11)21-16/h3-7,9,13,22H,2,10H2,1H3,(H,19,20)/t13-/m1/s1. The van der Waals surface area contributed by atoms with Crippen LogP contribution < -0.4 is 5.32 Å². The van der Waals surface area contributed by atoms with Gasteiger partial charge in [-0.25, -0.2) is 9.97 Å². The van der Waals surface area contributed by atoms with Gasteiger partial charge >= 0.3 is 0 Å². The Morgan fingerprint density at radius 2 is 2.14 bits per heavy atom. The highest BCUT2D eigenvalue weighted by Crippen LogP contribution is 2.25. The SMILES string of the molecule is CC[C@H](CO)Nc1ncc2cc3ccccc3nc2c1C#N. The Kier molecular flexibility index (Phi) is 3.86. The lowest BCUT2D eigenvalue weighted by Gasteiger charge is -2.16. The Morgan fingerprint density at radius 3 is 2.86 bits per heavy atom. The molecule has 0 bridgehead atoms. The van der Waals surface area contributed by atoms with Gasteiger partial charge in [0.05, 0.1) is 23.7 Å². The molecule has 1 aromatic carbocycles. The molecule has 0 spiro atoms. The molecule has 0 aliphatic carbocycles. The zero-order chi connectivity index (χ0) is 15.5. The summed E-state index contributed by atoms with van der Waals surface area (Å²) in [6.07, 6.45) is 2.45. The van der Waals surface area contributed by atoms with Crippen LogP contribution in [0.5, 0.6) is 0 Å². The number of fused-ring (bicyclic) bond motifs is 2. The molecule has 0 amide bonds. The number of aliphatic hydroxyl groups is 1. The first-order valence-electron chi connectivity index (χ1n) is 7.22. The van der Waals surface area contributed by atoms with E-state index in [0.29, 0.717) is 16.9 Å². The number of nitrogens with zero attached hydrogens (tertiary/aromatic N) is 3. The van der Waals surface area contributed by atoms with Crippen LogP contribution in [0.2, 0.25) is 0 Å². The maximum absolute atomic E-state index is 9.51. The van der Waals surface area contributed by atoms with Crippen LogP contribution in [0.15, 0.2) is 36.5 Å². The normalized spacial score (nSPS) is 12.2. The van der Waals surface area contributed by atoms with Crippen LogP contribution in [0.3, 0.4) is 0 Å². The number of aromatic nitrogens is 2. The topological polar surface area (TPSA) is 81.8 Å². The minimum absolute atomic E-state index is 0.00770. The number of para-hydroxylation sites is 1. The van der Waals surface area contributed by atoms with Gasteiger partial charge in [0.1, 0.15) is 17.5 Å². The molecule has 2 N–H and O–H groups in total. The van der Waals surface area contributed by atoms with Crippen molar-refractivity contribution < 1.29 is 5.11 Å². The Bertz CT molecular complexity index is 866. The zero-order valence-electron chi connectivity index (χ0n) is 12.2. The average molecular weight is 292 g/mol. The molecule has 0 fully saturated rings. The molecule has 110 valence electrons. The minimum atomic E-state index is -0.127. The highest BCUT2D eigenvalue weighted by atomic mass is 16.3. The van der Waals surface area contributed by atoms with E-state index < -0.39 is 0 Å². The number of nitrogens with one attached hydrogen (secondary N) is 1. The lowest BCUT2D eigenvalue weighted by molar-refractivity contribution is 0.271. The van der Waals surface area contributed by atoms with Gasteiger partial charge in [-0.05, 0) is 18.6 Å². The first kappa shape index (κ1) is 14.2. The molecule has 0 aliphatic heterocycles. The van der Waals surface area contributed by atoms with Crippen LogP contribution in [-0.4, -0.2) is 27.7 Å². The average Bonchev–Trinajstić information content (AvgIpc) is 2.57. The molecular formula is C17H16N4O. The van der Waals surface area contributed by atoms with Crippen LogP contribution in [-0.2, 0) is 0 Å². The molecule has 2 heterocycles. The third kappa shape index (κ3) is 2.45. The van der Waals surface area contributed by atoms with Gasteiger partial charge in [0.2, 0.25) is 0 Å². The predicted octanol–water partition coefficient (Wildman–Crippen LogP) is 2.84. The lowest BCUT2D eigenvalue weighted by atomic mass is 10.1. The number of anilines is 1. The smallest absolute Gasteiger partial charge is 0.146 e. The van der Waals surface area contributed by atoms with Crippen LogP contribution in [0, 0.1) is 11.3 Å². The van der Waals surface area contributed by atoms with Crippen molar-refractivity contribution in [3.05, 3.63) is 42.1 Å². The van der Waals surface area contributed by atoms with Crippen molar-refractivity contribution in [2.24, 2.45) is 0 Å². The summed E-state index contributed by atoms with van der Waals surface area (Å²) >= 11 is 0. The Morgan fingerprint density at radius 1 is 1.32 bits per heavy atom. The molecule has 5 nitrogen and oxygen atoms in total. The van der Waals surface area contributed by atoms with E-state index in [1.54, 1.807) is 6.20 Å². The van der Waals surface area contributed by atoms with Crippen molar-refractivity contribution in [2.75, 3.05) is 11.9 Å². The highest BCUT2D eigenvalue weighted by Gasteiger charge is 2.14. The first-order valence-corrected chi connectivity index (χ1v) is 7.22. The van der Waals surface area contributed by atoms with E-state index in [4.69, 9.17) is 0 Å². The lowest BCUT2D eigenvalue weighted by Crippen LogP contribution is -2.23. The third-order valence-electron chi connectivity index (χ3n) is 3.73. The summed E-state index contributed by atoms with van der Waals surface area (Å²) in [6.45, 7) is 1.96. The van der Waals surface area contributed by atoms with Crippen LogP contribution in [0.1, 0.15) is 18.9 Å². The minimum Gasteiger partial charge on any atom is -0.394 e. The summed E-state index contributed by atoms with van der Waals surface area (Å²) in [7, 11) is 0. The highest BCUT2D eigenvalue weighted by molar-refractivity contribution is 5.96. The van der Waals surface area contributed by atoms with Gasteiger partial charge in [-0.2, -0.15) is 5.26 Å². The van der Waals surface area contributed by atoms with Crippen molar-refractivity contribution in [1.82, 2.24) is 9.97 Å². The molecular weight excluding hydrogens is 276 g/mol. The largest absolute Gasteiger partial charge is 0.394 e. The second-order valence-electron chi connectivity index (χ2n) is 5.14. The van der Waals surface area contributed by atoms with Crippen molar-refractivity contribution in [3.63, 3.8) is 0 Å². The molecule has 22 heavy (non-hydrogen) atoms. The second kappa shape index (κ2) is 5.96. The van der Waals surface area contributed by atoms with E-state index in [1.165, 1.54) is 0 Å². The molecule has 5 heteroatoms.